The van der Waals surface area contributed by atoms with Gasteiger partial charge in [0.25, 0.3) is 0 Å². The first-order chi connectivity index (χ1) is 7.19. The number of carbonyl (C=O) groups excluding carboxylic acids is 1. The lowest BCUT2D eigenvalue weighted by molar-refractivity contribution is -0.126. The highest BCUT2D eigenvalue weighted by Crippen LogP contribution is 2.20. The SMILES string of the molecule is COC1CCCCC1NC(=O)C(C)CN. The van der Waals surface area contributed by atoms with Crippen LogP contribution in [-0.4, -0.2) is 31.7 Å². The molecule has 1 amide bonds. The molecule has 0 aromatic rings. The van der Waals surface area contributed by atoms with E-state index < -0.39 is 0 Å². The molecule has 0 aromatic heterocycles. The fourth-order valence-electron chi connectivity index (χ4n) is 1.98. The standard InChI is InChI=1S/C11H22N2O2/c1-8(7-12)11(14)13-9-5-3-4-6-10(9)15-2/h8-10H,3-7,12H2,1-2H3,(H,13,14). The van der Waals surface area contributed by atoms with Gasteiger partial charge in [-0.05, 0) is 12.8 Å². The molecule has 3 atom stereocenters. The predicted molar refractivity (Wildman–Crippen MR) is 59.4 cm³/mol. The molecule has 15 heavy (non-hydrogen) atoms. The fourth-order valence-corrected chi connectivity index (χ4v) is 1.98. The van der Waals surface area contributed by atoms with Gasteiger partial charge in [-0.25, -0.2) is 0 Å². The van der Waals surface area contributed by atoms with E-state index >= 15 is 0 Å². The van der Waals surface area contributed by atoms with Gasteiger partial charge in [0.15, 0.2) is 0 Å². The second-order valence-corrected chi connectivity index (χ2v) is 4.31. The van der Waals surface area contributed by atoms with Gasteiger partial charge in [-0.15, -0.1) is 0 Å². The van der Waals surface area contributed by atoms with Crippen LogP contribution in [0.1, 0.15) is 32.6 Å². The Kier molecular flexibility index (Phi) is 5.05. The molecule has 4 nitrogen and oxygen atoms in total. The van der Waals surface area contributed by atoms with Gasteiger partial charge in [-0.1, -0.05) is 19.8 Å². The molecule has 3 unspecified atom stereocenters. The van der Waals surface area contributed by atoms with Crippen LogP contribution in [-0.2, 0) is 9.53 Å². The zero-order valence-corrected chi connectivity index (χ0v) is 9.66. The fraction of sp³-hybridized carbons (Fsp3) is 0.909. The molecule has 1 fully saturated rings. The van der Waals surface area contributed by atoms with E-state index in [9.17, 15) is 4.79 Å². The number of nitrogens with two attached hydrogens (primary N) is 1. The van der Waals surface area contributed by atoms with Crippen molar-refractivity contribution in [3.63, 3.8) is 0 Å². The molecule has 0 saturated heterocycles. The van der Waals surface area contributed by atoms with Crippen molar-refractivity contribution < 1.29 is 9.53 Å². The van der Waals surface area contributed by atoms with Crippen molar-refractivity contribution in [2.75, 3.05) is 13.7 Å². The molecule has 0 aromatic carbocycles. The minimum atomic E-state index is -0.107. The van der Waals surface area contributed by atoms with Crippen LogP contribution in [0, 0.1) is 5.92 Å². The van der Waals surface area contributed by atoms with Gasteiger partial charge in [0.05, 0.1) is 12.1 Å². The molecule has 4 heteroatoms. The van der Waals surface area contributed by atoms with Gasteiger partial charge in [0.1, 0.15) is 0 Å². The van der Waals surface area contributed by atoms with Crippen molar-refractivity contribution in [2.24, 2.45) is 11.7 Å². The molecule has 0 aliphatic heterocycles. The highest BCUT2D eigenvalue weighted by atomic mass is 16.5. The topological polar surface area (TPSA) is 64.3 Å². The number of rotatable bonds is 4. The number of hydrogen-bond donors (Lipinski definition) is 2. The van der Waals surface area contributed by atoms with Crippen LogP contribution in [0.4, 0.5) is 0 Å². The summed E-state index contributed by atoms with van der Waals surface area (Å²) < 4.78 is 5.37. The molecule has 0 radical (unpaired) electrons. The molecule has 1 saturated carbocycles. The van der Waals surface area contributed by atoms with Gasteiger partial charge in [0, 0.05) is 19.6 Å². The molecule has 88 valence electrons. The van der Waals surface area contributed by atoms with E-state index in [4.69, 9.17) is 10.5 Å². The molecular weight excluding hydrogens is 192 g/mol. The molecule has 0 heterocycles. The van der Waals surface area contributed by atoms with Crippen LogP contribution in [0.5, 0.6) is 0 Å². The van der Waals surface area contributed by atoms with Crippen molar-refractivity contribution in [3.05, 3.63) is 0 Å². The number of hydrogen-bond acceptors (Lipinski definition) is 3. The summed E-state index contributed by atoms with van der Waals surface area (Å²) in [5, 5.41) is 3.03. The summed E-state index contributed by atoms with van der Waals surface area (Å²) in [6.45, 7) is 2.25. The number of nitrogens with one attached hydrogen (secondary N) is 1. The summed E-state index contributed by atoms with van der Waals surface area (Å²) in [6.07, 6.45) is 4.59. The Hall–Kier alpha value is -0.610. The zero-order valence-electron chi connectivity index (χ0n) is 9.66. The molecule has 3 N–H and O–H groups in total. The maximum Gasteiger partial charge on any atom is 0.224 e. The summed E-state index contributed by atoms with van der Waals surface area (Å²) in [5.74, 6) is -0.0594. The minimum Gasteiger partial charge on any atom is -0.379 e. The molecule has 0 spiro atoms. The van der Waals surface area contributed by atoms with Crippen LogP contribution in [0.2, 0.25) is 0 Å². The van der Waals surface area contributed by atoms with Crippen molar-refractivity contribution in [1.29, 1.82) is 0 Å². The normalized spacial score (nSPS) is 28.5. The Morgan fingerprint density at radius 2 is 2.20 bits per heavy atom. The van der Waals surface area contributed by atoms with Crippen LogP contribution < -0.4 is 11.1 Å². The molecule has 1 aliphatic rings. The third-order valence-electron chi connectivity index (χ3n) is 3.13. The lowest BCUT2D eigenvalue weighted by atomic mass is 9.92. The van der Waals surface area contributed by atoms with Gasteiger partial charge in [-0.2, -0.15) is 0 Å². The third kappa shape index (κ3) is 3.47. The number of amides is 1. The van der Waals surface area contributed by atoms with Crippen LogP contribution in [0.25, 0.3) is 0 Å². The summed E-state index contributed by atoms with van der Waals surface area (Å²) in [5.41, 5.74) is 5.45. The van der Waals surface area contributed by atoms with E-state index in [1.165, 1.54) is 12.8 Å². The number of methoxy groups -OCH3 is 1. The molecule has 0 bridgehead atoms. The Morgan fingerprint density at radius 3 is 2.80 bits per heavy atom. The first kappa shape index (κ1) is 12.5. The Morgan fingerprint density at radius 1 is 1.53 bits per heavy atom. The van der Waals surface area contributed by atoms with Crippen LogP contribution in [0.3, 0.4) is 0 Å². The summed E-state index contributed by atoms with van der Waals surface area (Å²) in [7, 11) is 1.71. The average Bonchev–Trinajstić information content (AvgIpc) is 2.28. The van der Waals surface area contributed by atoms with E-state index in [-0.39, 0.29) is 24.0 Å². The first-order valence-electron chi connectivity index (χ1n) is 5.72. The summed E-state index contributed by atoms with van der Waals surface area (Å²) in [6, 6.07) is 0.172. The summed E-state index contributed by atoms with van der Waals surface area (Å²) >= 11 is 0. The van der Waals surface area contributed by atoms with E-state index in [0.717, 1.165) is 12.8 Å². The van der Waals surface area contributed by atoms with Crippen molar-refractivity contribution >= 4 is 5.91 Å². The molecule has 1 rings (SSSR count). The smallest absolute Gasteiger partial charge is 0.224 e. The zero-order chi connectivity index (χ0) is 11.3. The Balaban J connectivity index is 2.44. The Labute approximate surface area is 91.5 Å². The van der Waals surface area contributed by atoms with Gasteiger partial charge >= 0.3 is 0 Å². The third-order valence-corrected chi connectivity index (χ3v) is 3.13. The monoisotopic (exact) mass is 214 g/mol. The molecule has 1 aliphatic carbocycles. The predicted octanol–water partition coefficient (Wildman–Crippen LogP) is 0.655. The number of carbonyl (C=O) groups is 1. The van der Waals surface area contributed by atoms with Crippen LogP contribution in [0.15, 0.2) is 0 Å². The number of ether oxygens (including phenoxy) is 1. The summed E-state index contributed by atoms with van der Waals surface area (Å²) in [4.78, 5) is 11.7. The van der Waals surface area contributed by atoms with E-state index in [1.54, 1.807) is 7.11 Å². The van der Waals surface area contributed by atoms with Gasteiger partial charge in [0.2, 0.25) is 5.91 Å². The Bertz CT molecular complexity index is 209. The maximum absolute atomic E-state index is 11.7. The van der Waals surface area contributed by atoms with Crippen molar-refractivity contribution in [2.45, 2.75) is 44.8 Å². The second-order valence-electron chi connectivity index (χ2n) is 4.31. The minimum absolute atomic E-state index is 0.0476. The maximum atomic E-state index is 11.7. The first-order valence-corrected chi connectivity index (χ1v) is 5.72. The quantitative estimate of drug-likeness (QED) is 0.722. The van der Waals surface area contributed by atoms with E-state index in [0.29, 0.717) is 6.54 Å². The van der Waals surface area contributed by atoms with Crippen LogP contribution >= 0.6 is 0 Å². The second kappa shape index (κ2) is 6.08. The largest absolute Gasteiger partial charge is 0.379 e. The lowest BCUT2D eigenvalue weighted by Crippen LogP contribution is -2.48. The van der Waals surface area contributed by atoms with Gasteiger partial charge < -0.3 is 15.8 Å². The van der Waals surface area contributed by atoms with E-state index in [2.05, 4.69) is 5.32 Å². The van der Waals surface area contributed by atoms with Crippen molar-refractivity contribution in [1.82, 2.24) is 5.32 Å². The average molecular weight is 214 g/mol. The molecular formula is C11H22N2O2. The van der Waals surface area contributed by atoms with Gasteiger partial charge in [-0.3, -0.25) is 4.79 Å². The highest BCUT2D eigenvalue weighted by molar-refractivity contribution is 5.78. The lowest BCUT2D eigenvalue weighted by Gasteiger charge is -2.31. The van der Waals surface area contributed by atoms with Crippen molar-refractivity contribution in [3.8, 4) is 0 Å². The highest BCUT2D eigenvalue weighted by Gasteiger charge is 2.27. The van der Waals surface area contributed by atoms with E-state index in [1.807, 2.05) is 6.92 Å².